The van der Waals surface area contributed by atoms with E-state index in [2.05, 4.69) is 144 Å². The SMILES string of the molecule is c1ccc(-n2c3ccccc3c3cc(-c4cccc(-c5c6ccccc6nc6c5ccc5cccnc56)c4)ccc32)cc1. The molecule has 43 heavy (non-hydrogen) atoms. The molecule has 3 nitrogen and oxygen atoms in total. The summed E-state index contributed by atoms with van der Waals surface area (Å²) in [5, 5.41) is 5.86. The molecule has 9 rings (SSSR count). The highest BCUT2D eigenvalue weighted by Gasteiger charge is 2.16. The van der Waals surface area contributed by atoms with Gasteiger partial charge in [-0.1, -0.05) is 97.1 Å². The molecule has 200 valence electrons. The van der Waals surface area contributed by atoms with E-state index in [1.54, 1.807) is 0 Å². The highest BCUT2D eigenvalue weighted by molar-refractivity contribution is 6.16. The Morgan fingerprint density at radius 1 is 0.442 bits per heavy atom. The third-order valence-corrected chi connectivity index (χ3v) is 8.59. The molecule has 0 radical (unpaired) electrons. The fraction of sp³-hybridized carbons (Fsp3) is 0. The molecule has 0 aliphatic carbocycles. The molecule has 3 heterocycles. The standard InChI is InChI=1S/C40H25N3/c1-2-13-30(14-3-1)43-36-18-7-5-15-31(36)34-25-28(20-22-37(34)43)27-10-8-11-29(24-27)38-32-16-4-6-17-35(32)42-40-33(38)21-19-26-12-9-23-41-39(26)40/h1-25H. The van der Waals surface area contributed by atoms with E-state index in [1.807, 2.05) is 12.3 Å². The van der Waals surface area contributed by atoms with Gasteiger partial charge in [0.05, 0.1) is 27.6 Å². The summed E-state index contributed by atoms with van der Waals surface area (Å²) in [5.74, 6) is 0. The zero-order valence-electron chi connectivity index (χ0n) is 23.3. The lowest BCUT2D eigenvalue weighted by atomic mass is 9.92. The summed E-state index contributed by atoms with van der Waals surface area (Å²) in [5.41, 5.74) is 11.2. The molecule has 0 atom stereocenters. The normalized spacial score (nSPS) is 11.7. The monoisotopic (exact) mass is 547 g/mol. The molecule has 0 N–H and O–H groups in total. The van der Waals surface area contributed by atoms with Gasteiger partial charge in [-0.25, -0.2) is 4.98 Å². The van der Waals surface area contributed by atoms with Crippen molar-refractivity contribution in [2.45, 2.75) is 0 Å². The van der Waals surface area contributed by atoms with Gasteiger partial charge < -0.3 is 4.57 Å². The summed E-state index contributed by atoms with van der Waals surface area (Å²) in [6, 6.07) is 51.9. The molecule has 0 aliphatic heterocycles. The number of nitrogens with zero attached hydrogens (tertiary/aromatic N) is 3. The minimum atomic E-state index is 0.934. The number of pyridine rings is 2. The zero-order chi connectivity index (χ0) is 28.3. The Morgan fingerprint density at radius 2 is 1.21 bits per heavy atom. The third kappa shape index (κ3) is 3.68. The van der Waals surface area contributed by atoms with Crippen molar-refractivity contribution in [1.82, 2.24) is 14.5 Å². The summed E-state index contributed by atoms with van der Waals surface area (Å²) in [4.78, 5) is 9.83. The van der Waals surface area contributed by atoms with Crippen LogP contribution in [0.5, 0.6) is 0 Å². The Labute approximate surface area is 248 Å². The second-order valence-electron chi connectivity index (χ2n) is 11.0. The van der Waals surface area contributed by atoms with E-state index >= 15 is 0 Å². The lowest BCUT2D eigenvalue weighted by Crippen LogP contribution is -1.93. The van der Waals surface area contributed by atoms with Crippen LogP contribution in [-0.4, -0.2) is 14.5 Å². The van der Waals surface area contributed by atoms with Gasteiger partial charge in [0, 0.05) is 44.4 Å². The first-order valence-corrected chi connectivity index (χ1v) is 14.6. The summed E-state index contributed by atoms with van der Waals surface area (Å²) in [6.45, 7) is 0. The molecule has 0 spiro atoms. The molecule has 0 amide bonds. The van der Waals surface area contributed by atoms with Crippen LogP contribution in [0.3, 0.4) is 0 Å². The summed E-state index contributed by atoms with van der Waals surface area (Å²) >= 11 is 0. The number of para-hydroxylation sites is 3. The van der Waals surface area contributed by atoms with Crippen LogP contribution in [0.1, 0.15) is 0 Å². The van der Waals surface area contributed by atoms with Gasteiger partial charge in [0.2, 0.25) is 0 Å². The molecule has 3 aromatic heterocycles. The topological polar surface area (TPSA) is 30.7 Å². The molecule has 9 aromatic rings. The highest BCUT2D eigenvalue weighted by atomic mass is 15.0. The molecule has 0 bridgehead atoms. The van der Waals surface area contributed by atoms with E-state index in [0.29, 0.717) is 0 Å². The van der Waals surface area contributed by atoms with Crippen LogP contribution in [0, 0.1) is 0 Å². The quantitative estimate of drug-likeness (QED) is 0.163. The Morgan fingerprint density at radius 3 is 2.14 bits per heavy atom. The summed E-state index contributed by atoms with van der Waals surface area (Å²) < 4.78 is 2.36. The Bertz CT molecular complexity index is 2510. The average Bonchev–Trinajstić information content (AvgIpc) is 3.41. The van der Waals surface area contributed by atoms with Gasteiger partial charge in [-0.15, -0.1) is 0 Å². The molecule has 0 unspecified atom stereocenters. The smallest absolute Gasteiger partial charge is 0.0978 e. The number of benzene rings is 6. The van der Waals surface area contributed by atoms with Crippen molar-refractivity contribution in [2.75, 3.05) is 0 Å². The van der Waals surface area contributed by atoms with Crippen molar-refractivity contribution >= 4 is 54.5 Å². The largest absolute Gasteiger partial charge is 0.309 e. The van der Waals surface area contributed by atoms with E-state index in [-0.39, 0.29) is 0 Å². The maximum atomic E-state index is 5.10. The van der Waals surface area contributed by atoms with Gasteiger partial charge in [-0.3, -0.25) is 4.98 Å². The van der Waals surface area contributed by atoms with Crippen LogP contribution in [0.4, 0.5) is 0 Å². The van der Waals surface area contributed by atoms with Crippen LogP contribution in [-0.2, 0) is 0 Å². The number of hydrogen-bond acceptors (Lipinski definition) is 2. The first-order chi connectivity index (χ1) is 21.3. The maximum absolute atomic E-state index is 5.10. The fourth-order valence-electron chi connectivity index (χ4n) is 6.67. The maximum Gasteiger partial charge on any atom is 0.0978 e. The molecule has 3 heteroatoms. The third-order valence-electron chi connectivity index (χ3n) is 8.59. The van der Waals surface area contributed by atoms with Gasteiger partial charge in [0.1, 0.15) is 0 Å². The molecule has 0 saturated carbocycles. The van der Waals surface area contributed by atoms with E-state index in [1.165, 1.54) is 49.7 Å². The lowest BCUT2D eigenvalue weighted by Gasteiger charge is -2.14. The van der Waals surface area contributed by atoms with Crippen molar-refractivity contribution in [3.63, 3.8) is 0 Å². The molecular formula is C40H25N3. The first kappa shape index (κ1) is 23.9. The van der Waals surface area contributed by atoms with E-state index in [9.17, 15) is 0 Å². The molecule has 6 aromatic carbocycles. The van der Waals surface area contributed by atoms with E-state index in [4.69, 9.17) is 9.97 Å². The van der Waals surface area contributed by atoms with Gasteiger partial charge in [-0.2, -0.15) is 0 Å². The van der Waals surface area contributed by atoms with Crippen LogP contribution in [0.25, 0.3) is 82.5 Å². The van der Waals surface area contributed by atoms with Crippen LogP contribution < -0.4 is 0 Å². The van der Waals surface area contributed by atoms with E-state index < -0.39 is 0 Å². The number of hydrogen-bond donors (Lipinski definition) is 0. The molecule has 0 aliphatic rings. The van der Waals surface area contributed by atoms with E-state index in [0.717, 1.165) is 32.7 Å². The van der Waals surface area contributed by atoms with Crippen molar-refractivity contribution in [1.29, 1.82) is 0 Å². The predicted molar refractivity (Wildman–Crippen MR) is 180 cm³/mol. The van der Waals surface area contributed by atoms with Crippen molar-refractivity contribution in [3.05, 3.63) is 152 Å². The predicted octanol–water partition coefficient (Wildman–Crippen LogP) is 10.4. The van der Waals surface area contributed by atoms with Gasteiger partial charge in [0.15, 0.2) is 0 Å². The second kappa shape index (κ2) is 9.37. The van der Waals surface area contributed by atoms with Crippen molar-refractivity contribution < 1.29 is 0 Å². The van der Waals surface area contributed by atoms with Crippen LogP contribution in [0.2, 0.25) is 0 Å². The Balaban J connectivity index is 1.27. The minimum absolute atomic E-state index is 0.934. The van der Waals surface area contributed by atoms with Gasteiger partial charge >= 0.3 is 0 Å². The van der Waals surface area contributed by atoms with Crippen LogP contribution in [0.15, 0.2) is 152 Å². The number of aromatic nitrogens is 3. The van der Waals surface area contributed by atoms with Crippen molar-refractivity contribution in [2.24, 2.45) is 0 Å². The lowest BCUT2D eigenvalue weighted by molar-refractivity contribution is 1.18. The van der Waals surface area contributed by atoms with Crippen molar-refractivity contribution in [3.8, 4) is 27.9 Å². The highest BCUT2D eigenvalue weighted by Crippen LogP contribution is 2.39. The zero-order valence-corrected chi connectivity index (χ0v) is 23.3. The Kier molecular flexibility index (Phi) is 5.20. The summed E-state index contributed by atoms with van der Waals surface area (Å²) in [6.07, 6.45) is 1.85. The minimum Gasteiger partial charge on any atom is -0.309 e. The number of rotatable bonds is 3. The molecule has 0 fully saturated rings. The first-order valence-electron chi connectivity index (χ1n) is 14.6. The van der Waals surface area contributed by atoms with Gasteiger partial charge in [0.25, 0.3) is 0 Å². The van der Waals surface area contributed by atoms with Crippen LogP contribution >= 0.6 is 0 Å². The Hall–Kier alpha value is -5.80. The summed E-state index contributed by atoms with van der Waals surface area (Å²) in [7, 11) is 0. The molecule has 0 saturated heterocycles. The molecular weight excluding hydrogens is 522 g/mol. The average molecular weight is 548 g/mol. The van der Waals surface area contributed by atoms with Gasteiger partial charge in [-0.05, 0) is 65.2 Å². The number of fused-ring (bicyclic) bond motifs is 7. The fourth-order valence-corrected chi connectivity index (χ4v) is 6.67. The second-order valence-corrected chi connectivity index (χ2v) is 11.0.